The minimum atomic E-state index is -1.79. The fraction of sp³-hybridized carbons (Fsp3) is 0.966. The highest BCUT2D eigenvalue weighted by atomic mass is 16.7. The lowest BCUT2D eigenvalue weighted by Crippen LogP contribution is -2.65. The second-order valence-electron chi connectivity index (χ2n) is 31.7. The minimum absolute atomic E-state index is 0.228. The number of unbranched alkanes of at least 4 members (excludes halogenated alkanes) is 64. The third kappa shape index (κ3) is 54.1. The SMILES string of the molecule is CCCCCCCCCCCCCCCCCCCCCCCCCC/C=C/C(O)C(COC1OC(CO)C(OC2OC(CO)C(O)C(O)C2O)C(O)C1O)NC(=O)CCCCCCCCCCCCCCCCCCCCCCCCCCCCCCCCCCCCCCCCCCC. The second-order valence-corrected chi connectivity index (χ2v) is 31.7. The van der Waals surface area contributed by atoms with Gasteiger partial charge >= 0.3 is 0 Å². The van der Waals surface area contributed by atoms with Gasteiger partial charge < -0.3 is 65.1 Å². The van der Waals surface area contributed by atoms with Crippen molar-refractivity contribution in [3.05, 3.63) is 12.2 Å². The van der Waals surface area contributed by atoms with Crippen LogP contribution in [0.3, 0.4) is 0 Å². The van der Waals surface area contributed by atoms with E-state index >= 15 is 0 Å². The molecule has 14 heteroatoms. The maximum absolute atomic E-state index is 13.4. The predicted octanol–water partition coefficient (Wildman–Crippen LogP) is 21.2. The van der Waals surface area contributed by atoms with Gasteiger partial charge in [-0.1, -0.05) is 431 Å². The van der Waals surface area contributed by atoms with Crippen molar-refractivity contribution in [2.75, 3.05) is 19.8 Å². The van der Waals surface area contributed by atoms with Crippen molar-refractivity contribution in [2.45, 2.75) is 518 Å². The molecule has 0 radical (unpaired) electrons. The molecule has 0 aromatic heterocycles. The van der Waals surface area contributed by atoms with Gasteiger partial charge in [0.15, 0.2) is 12.6 Å². The van der Waals surface area contributed by atoms with Crippen LogP contribution >= 0.6 is 0 Å². The zero-order valence-corrected chi connectivity index (χ0v) is 66.2. The summed E-state index contributed by atoms with van der Waals surface area (Å²) in [6, 6.07) is -0.913. The highest BCUT2D eigenvalue weighted by molar-refractivity contribution is 5.76. The number of carbonyl (C=O) groups excluding carboxylic acids is 1. The summed E-state index contributed by atoms with van der Waals surface area (Å²) in [5.41, 5.74) is 0. The topological polar surface area (TPSA) is 228 Å². The molecule has 14 nitrogen and oxygen atoms in total. The van der Waals surface area contributed by atoms with Crippen LogP contribution in [-0.2, 0) is 23.7 Å². The number of ether oxygens (including phenoxy) is 4. The zero-order valence-electron chi connectivity index (χ0n) is 66.2. The van der Waals surface area contributed by atoms with E-state index in [1.807, 2.05) is 6.08 Å². The molecule has 0 bridgehead atoms. The average Bonchev–Trinajstić information content (AvgIpc) is 0.792. The lowest BCUT2D eigenvalue weighted by atomic mass is 9.97. The van der Waals surface area contributed by atoms with Gasteiger partial charge in [-0.05, 0) is 19.3 Å². The van der Waals surface area contributed by atoms with Gasteiger partial charge in [-0.3, -0.25) is 4.79 Å². The Balaban J connectivity index is 1.54. The van der Waals surface area contributed by atoms with E-state index in [0.29, 0.717) is 0 Å². The molecule has 101 heavy (non-hydrogen) atoms. The van der Waals surface area contributed by atoms with Gasteiger partial charge in [0.1, 0.15) is 48.8 Å². The predicted molar refractivity (Wildman–Crippen MR) is 420 cm³/mol. The molecule has 2 fully saturated rings. The summed E-state index contributed by atoms with van der Waals surface area (Å²) in [6.07, 6.45) is 76.3. The third-order valence-electron chi connectivity index (χ3n) is 22.2. The summed E-state index contributed by atoms with van der Waals surface area (Å²) in [7, 11) is 0. The Labute approximate surface area is 622 Å². The Morgan fingerprint density at radius 2 is 0.614 bits per heavy atom. The summed E-state index contributed by atoms with van der Waals surface area (Å²) < 4.78 is 23.0. The number of aliphatic hydroxyl groups is 8. The molecular weight excluding hydrogens is 1270 g/mol. The van der Waals surface area contributed by atoms with Crippen molar-refractivity contribution in [2.24, 2.45) is 0 Å². The zero-order chi connectivity index (χ0) is 73.0. The van der Waals surface area contributed by atoms with Crippen molar-refractivity contribution >= 4 is 5.91 Å². The van der Waals surface area contributed by atoms with Crippen molar-refractivity contribution < 1.29 is 64.6 Å². The number of rotatable bonds is 77. The van der Waals surface area contributed by atoms with Crippen molar-refractivity contribution in [1.29, 1.82) is 0 Å². The molecule has 0 spiro atoms. The number of hydrogen-bond acceptors (Lipinski definition) is 13. The third-order valence-corrected chi connectivity index (χ3v) is 22.2. The van der Waals surface area contributed by atoms with Gasteiger partial charge in [-0.25, -0.2) is 0 Å². The van der Waals surface area contributed by atoms with Crippen molar-refractivity contribution in [3.8, 4) is 0 Å². The maximum atomic E-state index is 13.4. The summed E-state index contributed by atoms with van der Waals surface area (Å²) in [5.74, 6) is -0.228. The molecule has 9 N–H and O–H groups in total. The molecular formula is C87H169NO13. The molecule has 600 valence electrons. The maximum Gasteiger partial charge on any atom is 0.220 e. The van der Waals surface area contributed by atoms with Crippen LogP contribution in [0.5, 0.6) is 0 Å². The first-order valence-electron chi connectivity index (χ1n) is 44.4. The molecule has 1 amide bonds. The monoisotopic (exact) mass is 1440 g/mol. The number of allylic oxidation sites excluding steroid dienone is 1. The van der Waals surface area contributed by atoms with Gasteiger partial charge in [0.2, 0.25) is 5.91 Å². The van der Waals surface area contributed by atoms with E-state index in [1.165, 1.54) is 379 Å². The largest absolute Gasteiger partial charge is 0.394 e. The average molecular weight is 1440 g/mol. The van der Waals surface area contributed by atoms with Gasteiger partial charge in [-0.15, -0.1) is 0 Å². The first-order chi connectivity index (χ1) is 49.6. The first-order valence-corrected chi connectivity index (χ1v) is 44.4. The minimum Gasteiger partial charge on any atom is -0.394 e. The molecule has 2 rings (SSSR count). The Hall–Kier alpha value is -1.27. The molecule has 0 saturated carbocycles. The van der Waals surface area contributed by atoms with Crippen LogP contribution in [0.15, 0.2) is 12.2 Å². The van der Waals surface area contributed by atoms with E-state index < -0.39 is 86.8 Å². The van der Waals surface area contributed by atoms with Crippen LogP contribution in [0.4, 0.5) is 0 Å². The van der Waals surface area contributed by atoms with E-state index in [0.717, 1.165) is 44.9 Å². The highest BCUT2D eigenvalue weighted by Crippen LogP contribution is 2.31. The number of amides is 1. The fourth-order valence-electron chi connectivity index (χ4n) is 15.2. The number of aliphatic hydroxyl groups excluding tert-OH is 8. The Morgan fingerprint density at radius 1 is 0.347 bits per heavy atom. The fourth-order valence-corrected chi connectivity index (χ4v) is 15.2. The summed E-state index contributed by atoms with van der Waals surface area (Å²) in [4.78, 5) is 13.4. The molecule has 2 aliphatic rings. The van der Waals surface area contributed by atoms with E-state index in [1.54, 1.807) is 6.08 Å². The summed E-state index contributed by atoms with van der Waals surface area (Å²) in [6.45, 7) is 2.89. The van der Waals surface area contributed by atoms with Gasteiger partial charge in [0.05, 0.1) is 32.0 Å². The standard InChI is InChI=1S/C87H169NO13/c1-3-5-7-9-11-13-15-17-19-21-23-25-27-29-31-32-33-34-35-36-37-38-39-40-41-42-43-44-45-47-49-51-53-55-57-59-61-63-65-67-69-71-79(92)88-75(74-98-86-84(97)82(95)85(78(73-90)100-86)101-87-83(96)81(94)80(93)77(72-89)99-87)76(91)70-68-66-64-62-60-58-56-54-52-50-48-46-30-28-26-24-22-20-18-16-14-12-10-8-6-4-2/h68,70,75-78,80-87,89-91,93-97H,3-67,69,71-74H2,1-2H3,(H,88,92)/b70-68+. The van der Waals surface area contributed by atoms with Crippen LogP contribution in [0.1, 0.15) is 444 Å². The summed E-state index contributed by atoms with van der Waals surface area (Å²) in [5, 5.41) is 87.8. The van der Waals surface area contributed by atoms with Crippen LogP contribution in [0.25, 0.3) is 0 Å². The van der Waals surface area contributed by atoms with Crippen molar-refractivity contribution in [1.82, 2.24) is 5.32 Å². The van der Waals surface area contributed by atoms with Crippen LogP contribution in [0, 0.1) is 0 Å². The Morgan fingerprint density at radius 3 is 0.911 bits per heavy atom. The number of hydrogen-bond donors (Lipinski definition) is 9. The Kier molecular flexibility index (Phi) is 68.0. The van der Waals surface area contributed by atoms with Crippen LogP contribution in [0.2, 0.25) is 0 Å². The molecule has 0 aliphatic carbocycles. The number of carbonyl (C=O) groups is 1. The van der Waals surface area contributed by atoms with E-state index in [9.17, 15) is 45.6 Å². The molecule has 2 saturated heterocycles. The van der Waals surface area contributed by atoms with Gasteiger partial charge in [0, 0.05) is 6.42 Å². The van der Waals surface area contributed by atoms with Gasteiger partial charge in [0.25, 0.3) is 0 Å². The van der Waals surface area contributed by atoms with Crippen LogP contribution in [-0.4, -0.2) is 140 Å². The molecule has 12 atom stereocenters. The highest BCUT2D eigenvalue weighted by Gasteiger charge is 2.51. The molecule has 0 aromatic carbocycles. The molecule has 2 aliphatic heterocycles. The number of nitrogens with one attached hydrogen (secondary N) is 1. The normalized spacial score (nSPS) is 21.7. The van der Waals surface area contributed by atoms with E-state index in [-0.39, 0.29) is 18.9 Å². The second kappa shape index (κ2) is 71.6. The van der Waals surface area contributed by atoms with E-state index in [2.05, 4.69) is 19.2 Å². The quantitative estimate of drug-likeness (QED) is 0.0204. The lowest BCUT2D eigenvalue weighted by molar-refractivity contribution is -0.359. The molecule has 0 aromatic rings. The van der Waals surface area contributed by atoms with Crippen LogP contribution < -0.4 is 5.32 Å². The smallest absolute Gasteiger partial charge is 0.220 e. The molecule has 12 unspecified atom stereocenters. The van der Waals surface area contributed by atoms with Gasteiger partial charge in [-0.2, -0.15) is 0 Å². The Bertz CT molecular complexity index is 1740. The first kappa shape index (κ1) is 95.8. The summed E-state index contributed by atoms with van der Waals surface area (Å²) >= 11 is 0. The lowest BCUT2D eigenvalue weighted by Gasteiger charge is -2.46. The molecule has 2 heterocycles. The van der Waals surface area contributed by atoms with E-state index in [4.69, 9.17) is 18.9 Å². The van der Waals surface area contributed by atoms with Crippen molar-refractivity contribution in [3.63, 3.8) is 0 Å².